The van der Waals surface area contributed by atoms with E-state index < -0.39 is 18.2 Å². The monoisotopic (exact) mass is 398 g/mol. The van der Waals surface area contributed by atoms with E-state index in [1.54, 1.807) is 13.0 Å². The molecule has 1 saturated carbocycles. The lowest BCUT2D eigenvalue weighted by molar-refractivity contribution is -0.137. The third-order valence-electron chi connectivity index (χ3n) is 6.04. The minimum atomic E-state index is -0.790. The van der Waals surface area contributed by atoms with Crippen LogP contribution in [0.4, 0.5) is 0 Å². The molecular weight excluding hydrogens is 368 g/mol. The third-order valence-corrected chi connectivity index (χ3v) is 6.04. The van der Waals surface area contributed by atoms with Crippen LogP contribution in [0.2, 0.25) is 0 Å². The second-order valence-electron chi connectivity index (χ2n) is 8.13. The quantitative estimate of drug-likeness (QED) is 0.462. The van der Waals surface area contributed by atoms with E-state index in [-0.39, 0.29) is 30.3 Å². The maximum Gasteiger partial charge on any atom is 0.303 e. The molecule has 0 saturated heterocycles. The fourth-order valence-electron chi connectivity index (χ4n) is 4.41. The molecule has 0 amide bonds. The molecule has 0 aromatic heterocycles. The Morgan fingerprint density at radius 3 is 2.93 bits per heavy atom. The molecule has 1 aromatic carbocycles. The summed E-state index contributed by atoms with van der Waals surface area (Å²) in [6, 6.07) is 6.01. The van der Waals surface area contributed by atoms with Crippen molar-refractivity contribution in [1.82, 2.24) is 0 Å². The van der Waals surface area contributed by atoms with Gasteiger partial charge in [0, 0.05) is 36.7 Å². The van der Waals surface area contributed by atoms with E-state index in [0.29, 0.717) is 25.7 Å². The van der Waals surface area contributed by atoms with Gasteiger partial charge in [0.25, 0.3) is 0 Å². The molecule has 3 rings (SSSR count). The summed E-state index contributed by atoms with van der Waals surface area (Å²) < 4.78 is 6.21. The lowest BCUT2D eigenvalue weighted by atomic mass is 9.86. The Morgan fingerprint density at radius 2 is 2.21 bits per heavy atom. The fourth-order valence-corrected chi connectivity index (χ4v) is 4.41. The second kappa shape index (κ2) is 9.47. The molecule has 3 N–H and O–H groups in total. The summed E-state index contributed by atoms with van der Waals surface area (Å²) in [5.74, 6) is 5.87. The van der Waals surface area contributed by atoms with Crippen LogP contribution >= 0.6 is 0 Å². The largest absolute Gasteiger partial charge is 0.489 e. The van der Waals surface area contributed by atoms with Gasteiger partial charge < -0.3 is 20.1 Å². The molecule has 5 nitrogen and oxygen atoms in total. The molecule has 6 atom stereocenters. The fraction of sp³-hybridized carbons (Fsp3) is 0.542. The molecular formula is C24H30O5. The van der Waals surface area contributed by atoms with Crippen LogP contribution in [0.25, 0.3) is 0 Å². The van der Waals surface area contributed by atoms with Gasteiger partial charge in [-0.25, -0.2) is 0 Å². The summed E-state index contributed by atoms with van der Waals surface area (Å²) >= 11 is 0. The van der Waals surface area contributed by atoms with Gasteiger partial charge in [-0.1, -0.05) is 37.3 Å². The first-order valence-electron chi connectivity index (χ1n) is 10.4. The lowest BCUT2D eigenvalue weighted by Gasteiger charge is -2.19. The number of aryl methyl sites for hydroxylation is 1. The van der Waals surface area contributed by atoms with Crippen LogP contribution in [0.15, 0.2) is 30.4 Å². The Bertz CT molecular complexity index is 818. The van der Waals surface area contributed by atoms with Crippen molar-refractivity contribution < 1.29 is 24.9 Å². The van der Waals surface area contributed by atoms with E-state index in [1.165, 1.54) is 0 Å². The van der Waals surface area contributed by atoms with Crippen LogP contribution in [0, 0.1) is 23.7 Å². The molecule has 1 heterocycles. The van der Waals surface area contributed by atoms with Gasteiger partial charge in [-0.05, 0) is 31.2 Å². The number of hydrogen-bond donors (Lipinski definition) is 3. The lowest BCUT2D eigenvalue weighted by Crippen LogP contribution is -2.19. The van der Waals surface area contributed by atoms with Gasteiger partial charge in [0.15, 0.2) is 0 Å². The summed E-state index contributed by atoms with van der Waals surface area (Å²) in [4.78, 5) is 10.8. The Labute approximate surface area is 172 Å². The number of rotatable bonds is 8. The average molecular weight is 398 g/mol. The van der Waals surface area contributed by atoms with Crippen molar-refractivity contribution >= 4 is 5.97 Å². The zero-order chi connectivity index (χ0) is 21.0. The van der Waals surface area contributed by atoms with E-state index in [2.05, 4.69) is 11.8 Å². The highest BCUT2D eigenvalue weighted by Crippen LogP contribution is 2.52. The van der Waals surface area contributed by atoms with Crippen molar-refractivity contribution in [2.45, 2.75) is 70.2 Å². The van der Waals surface area contributed by atoms with Crippen molar-refractivity contribution in [3.05, 3.63) is 41.5 Å². The summed E-state index contributed by atoms with van der Waals surface area (Å²) in [6.07, 6.45) is 5.07. The Balaban J connectivity index is 1.75. The molecule has 1 aromatic rings. The number of carboxylic acid groups (broad SMARTS) is 1. The van der Waals surface area contributed by atoms with Crippen molar-refractivity contribution in [3.8, 4) is 17.6 Å². The van der Waals surface area contributed by atoms with Gasteiger partial charge in [0.05, 0.1) is 12.2 Å². The van der Waals surface area contributed by atoms with Crippen LogP contribution in [0.1, 0.15) is 56.6 Å². The molecule has 0 bridgehead atoms. The number of aliphatic hydroxyl groups is 2. The molecule has 2 unspecified atom stereocenters. The van der Waals surface area contributed by atoms with Gasteiger partial charge in [-0.15, -0.1) is 11.8 Å². The molecule has 0 spiro atoms. The smallest absolute Gasteiger partial charge is 0.303 e. The number of aliphatic carboxylic acids is 1. The third kappa shape index (κ3) is 4.83. The molecule has 0 radical (unpaired) electrons. The van der Waals surface area contributed by atoms with Crippen LogP contribution in [0.3, 0.4) is 0 Å². The first-order valence-corrected chi connectivity index (χ1v) is 10.4. The molecule has 1 aliphatic carbocycles. The van der Waals surface area contributed by atoms with Crippen LogP contribution in [-0.2, 0) is 11.2 Å². The van der Waals surface area contributed by atoms with E-state index in [9.17, 15) is 15.0 Å². The van der Waals surface area contributed by atoms with Gasteiger partial charge in [-0.2, -0.15) is 0 Å². The first-order chi connectivity index (χ1) is 13.9. The number of benzene rings is 1. The van der Waals surface area contributed by atoms with Gasteiger partial charge in [-0.3, -0.25) is 4.79 Å². The summed E-state index contributed by atoms with van der Waals surface area (Å²) in [5.41, 5.74) is 2.11. The Kier molecular flexibility index (Phi) is 7.00. The second-order valence-corrected chi connectivity index (χ2v) is 8.13. The number of carboxylic acids is 1. The minimum Gasteiger partial charge on any atom is -0.489 e. The number of aliphatic hydroxyl groups excluding tert-OH is 2. The zero-order valence-electron chi connectivity index (χ0n) is 17.0. The standard InChI is InChI=1S/C24H30O5/c1-3-4-7-15(2)19(25)13-12-17-20(26)14-21-23(17)18-10-5-8-16(24(18)29-21)9-6-11-22(27)28/h5,8,10,12-13,15,17,19-21,23,25-26H,6-7,9,11,14H2,1-2H3,(H,27,28)/b13-12+/t15?,17-,19+,20+,21?,23-/m0/s1. The number of carbonyl (C=O) groups is 1. The summed E-state index contributed by atoms with van der Waals surface area (Å²) in [7, 11) is 0. The van der Waals surface area contributed by atoms with Gasteiger partial charge in [0.1, 0.15) is 11.9 Å². The summed E-state index contributed by atoms with van der Waals surface area (Å²) in [5, 5.41) is 29.9. The van der Waals surface area contributed by atoms with E-state index in [4.69, 9.17) is 9.84 Å². The van der Waals surface area contributed by atoms with Crippen LogP contribution < -0.4 is 4.74 Å². The average Bonchev–Trinajstić information content (AvgIpc) is 3.19. The van der Waals surface area contributed by atoms with Crippen LogP contribution in [0.5, 0.6) is 5.75 Å². The predicted molar refractivity (Wildman–Crippen MR) is 111 cm³/mol. The van der Waals surface area contributed by atoms with Crippen molar-refractivity contribution in [3.63, 3.8) is 0 Å². The molecule has 29 heavy (non-hydrogen) atoms. The van der Waals surface area contributed by atoms with Crippen LogP contribution in [-0.4, -0.2) is 39.6 Å². The van der Waals surface area contributed by atoms with Gasteiger partial charge in [0.2, 0.25) is 0 Å². The first kappa shape index (κ1) is 21.4. The zero-order valence-corrected chi connectivity index (χ0v) is 17.0. The molecule has 156 valence electrons. The topological polar surface area (TPSA) is 87.0 Å². The van der Waals surface area contributed by atoms with Crippen molar-refractivity contribution in [1.29, 1.82) is 0 Å². The van der Waals surface area contributed by atoms with Gasteiger partial charge >= 0.3 is 5.97 Å². The molecule has 1 aliphatic heterocycles. The van der Waals surface area contributed by atoms with Crippen molar-refractivity contribution in [2.75, 3.05) is 0 Å². The molecule has 2 aliphatic rings. The number of ether oxygens (including phenoxy) is 1. The van der Waals surface area contributed by atoms with E-state index >= 15 is 0 Å². The maximum atomic E-state index is 10.8. The highest BCUT2D eigenvalue weighted by atomic mass is 16.5. The number of para-hydroxylation sites is 1. The maximum absolute atomic E-state index is 10.8. The van der Waals surface area contributed by atoms with E-state index in [1.807, 2.05) is 31.2 Å². The Morgan fingerprint density at radius 1 is 1.41 bits per heavy atom. The van der Waals surface area contributed by atoms with E-state index in [0.717, 1.165) is 16.9 Å². The summed E-state index contributed by atoms with van der Waals surface area (Å²) in [6.45, 7) is 3.75. The number of hydrogen-bond acceptors (Lipinski definition) is 4. The highest BCUT2D eigenvalue weighted by molar-refractivity contribution is 5.66. The number of fused-ring (bicyclic) bond motifs is 3. The molecule has 5 heteroatoms. The Hall–Kier alpha value is -2.29. The predicted octanol–water partition coefficient (Wildman–Crippen LogP) is 3.29. The minimum absolute atomic E-state index is 0.0287. The normalized spacial score (nSPS) is 26.9. The SMILES string of the molecule is CC#CCC(C)[C@H](O)/C=C/[C@H]1[C@H](O)CC2Oc3c(CCCC(=O)O)cccc3[C@@H]21. The van der Waals surface area contributed by atoms with Crippen molar-refractivity contribution in [2.24, 2.45) is 11.8 Å². The molecule has 1 fully saturated rings. The highest BCUT2D eigenvalue weighted by Gasteiger charge is 2.48.